The number of nitrogens with zero attached hydrogens (tertiary/aromatic N) is 3. The molecule has 1 saturated heterocycles. The molecule has 40 heavy (non-hydrogen) atoms. The number of furan rings is 1. The fraction of sp³-hybridized carbons (Fsp3) is 0.280. The quantitative estimate of drug-likeness (QED) is 0.314. The number of anilines is 1. The third-order valence-electron chi connectivity index (χ3n) is 6.29. The number of halogens is 1. The lowest BCUT2D eigenvalue weighted by molar-refractivity contribution is -0.149. The van der Waals surface area contributed by atoms with Crippen molar-refractivity contribution >= 4 is 50.7 Å². The minimum absolute atomic E-state index is 0.0121. The van der Waals surface area contributed by atoms with Crippen LogP contribution in [0.15, 0.2) is 43.7 Å². The van der Waals surface area contributed by atoms with Crippen LogP contribution in [0.3, 0.4) is 0 Å². The molecule has 0 radical (unpaired) electrons. The molecule has 1 unspecified atom stereocenters. The van der Waals surface area contributed by atoms with Crippen molar-refractivity contribution in [3.05, 3.63) is 64.0 Å². The van der Waals surface area contributed by atoms with E-state index in [2.05, 4.69) is 27.3 Å². The summed E-state index contributed by atoms with van der Waals surface area (Å²) >= 11 is 6.17. The number of sulfonamides is 1. The Labute approximate surface area is 232 Å². The van der Waals surface area contributed by atoms with E-state index in [-0.39, 0.29) is 47.5 Å². The van der Waals surface area contributed by atoms with Gasteiger partial charge in [-0.3, -0.25) is 10.1 Å². The first-order chi connectivity index (χ1) is 18.9. The number of oxazole rings is 1. The molecule has 1 amide bonds. The van der Waals surface area contributed by atoms with Crippen molar-refractivity contribution in [3.63, 3.8) is 0 Å². The molecule has 5 rings (SSSR count). The molecule has 208 valence electrons. The molecule has 15 heteroatoms. The highest BCUT2D eigenvalue weighted by molar-refractivity contribution is 7.88. The third-order valence-corrected chi connectivity index (χ3v) is 7.83. The van der Waals surface area contributed by atoms with Gasteiger partial charge in [-0.1, -0.05) is 35.0 Å². The molecule has 13 nitrogen and oxygen atoms in total. The largest absolute Gasteiger partial charge is 0.480 e. The van der Waals surface area contributed by atoms with Crippen molar-refractivity contribution in [2.45, 2.75) is 25.4 Å². The number of hydrogen-bond donors (Lipinski definition) is 2. The van der Waals surface area contributed by atoms with Gasteiger partial charge >= 0.3 is 12.1 Å². The lowest BCUT2D eigenvalue weighted by atomic mass is 9.81. The number of aromatic nitrogens is 2. The Bertz CT molecular complexity index is 1770. The normalized spacial score (nSPS) is 15.6. The number of fused-ring (bicyclic) bond motifs is 1. The third kappa shape index (κ3) is 5.02. The highest BCUT2D eigenvalue weighted by atomic mass is 35.5. The first-order valence-corrected chi connectivity index (χ1v) is 13.9. The fourth-order valence-electron chi connectivity index (χ4n) is 4.03. The van der Waals surface area contributed by atoms with Crippen LogP contribution in [0.1, 0.15) is 41.7 Å². The molecular formula is C25H21ClN4O9S. The number of amides is 1. The smallest absolute Gasteiger partial charge is 0.412 e. The number of rotatable bonds is 6. The molecule has 1 aliphatic heterocycles. The van der Waals surface area contributed by atoms with Gasteiger partial charge in [-0.15, -0.1) is 0 Å². The van der Waals surface area contributed by atoms with E-state index < -0.39 is 33.6 Å². The number of nitrogens with one attached hydrogen (secondary N) is 1. The average molecular weight is 589 g/mol. The van der Waals surface area contributed by atoms with Gasteiger partial charge in [0.25, 0.3) is 5.71 Å². The fourth-order valence-corrected chi connectivity index (χ4v) is 5.23. The van der Waals surface area contributed by atoms with E-state index in [9.17, 15) is 23.1 Å². The number of ether oxygens (including phenoxy) is 1. The van der Waals surface area contributed by atoms with Crippen LogP contribution in [-0.4, -0.2) is 59.4 Å². The zero-order chi connectivity index (χ0) is 28.8. The maximum Gasteiger partial charge on any atom is 0.412 e. The predicted molar refractivity (Wildman–Crippen MR) is 139 cm³/mol. The monoisotopic (exact) mass is 588 g/mol. The topological polar surface area (TPSA) is 178 Å². The van der Waals surface area contributed by atoms with Crippen molar-refractivity contribution in [1.29, 1.82) is 0 Å². The molecule has 1 aromatic carbocycles. The average Bonchev–Trinajstić information content (AvgIpc) is 3.50. The summed E-state index contributed by atoms with van der Waals surface area (Å²) in [6.07, 6.45) is -0.410. The van der Waals surface area contributed by atoms with Gasteiger partial charge in [0.2, 0.25) is 21.7 Å². The second-order valence-corrected chi connectivity index (χ2v) is 11.5. The van der Waals surface area contributed by atoms with Crippen molar-refractivity contribution in [3.8, 4) is 11.8 Å². The Morgan fingerprint density at radius 1 is 1.25 bits per heavy atom. The molecule has 0 spiro atoms. The molecule has 0 bridgehead atoms. The molecule has 1 fully saturated rings. The van der Waals surface area contributed by atoms with Crippen molar-refractivity contribution in [2.24, 2.45) is 0 Å². The molecule has 0 aliphatic carbocycles. The SMILES string of the molecule is Cc1noc(C#Cc2cc3oc(C4(C(=O)O)CN(S(C)(=O)=O)C4)nc3o2)c1NC(=O)OC(C)c1ccccc1Cl. The number of carbonyl (C=O) groups excluding carboxylic acids is 1. The summed E-state index contributed by atoms with van der Waals surface area (Å²) in [7, 11) is -3.56. The zero-order valence-electron chi connectivity index (χ0n) is 21.2. The van der Waals surface area contributed by atoms with E-state index in [1.165, 1.54) is 6.07 Å². The van der Waals surface area contributed by atoms with E-state index in [1.807, 2.05) is 0 Å². The Morgan fingerprint density at radius 3 is 2.62 bits per heavy atom. The van der Waals surface area contributed by atoms with Crippen molar-refractivity contribution in [2.75, 3.05) is 24.7 Å². The second-order valence-electron chi connectivity index (χ2n) is 9.13. The number of aryl methyl sites for hydroxylation is 1. The van der Waals surface area contributed by atoms with Gasteiger partial charge in [0.1, 0.15) is 17.5 Å². The molecule has 2 N–H and O–H groups in total. The minimum Gasteiger partial charge on any atom is -0.480 e. The summed E-state index contributed by atoms with van der Waals surface area (Å²) < 4.78 is 46.2. The van der Waals surface area contributed by atoms with E-state index in [1.54, 1.807) is 38.1 Å². The van der Waals surface area contributed by atoms with Gasteiger partial charge in [0.05, 0.1) is 6.26 Å². The highest BCUT2D eigenvalue weighted by Gasteiger charge is 2.57. The highest BCUT2D eigenvalue weighted by Crippen LogP contribution is 2.38. The van der Waals surface area contributed by atoms with Crippen molar-refractivity contribution < 1.29 is 41.2 Å². The zero-order valence-corrected chi connectivity index (χ0v) is 22.8. The van der Waals surface area contributed by atoms with Gasteiger partial charge < -0.3 is 23.2 Å². The summed E-state index contributed by atoms with van der Waals surface area (Å²) in [4.78, 5) is 28.6. The molecule has 1 atom stereocenters. The lowest BCUT2D eigenvalue weighted by Gasteiger charge is -2.42. The molecular weight excluding hydrogens is 568 g/mol. The second kappa shape index (κ2) is 10.0. The van der Waals surface area contributed by atoms with Gasteiger partial charge in [-0.2, -0.15) is 9.29 Å². The summed E-state index contributed by atoms with van der Waals surface area (Å²) in [5.74, 6) is 4.12. The van der Waals surface area contributed by atoms with Gasteiger partial charge in [-0.25, -0.2) is 13.2 Å². The number of carboxylic acids is 1. The number of benzene rings is 1. The molecule has 1 aliphatic rings. The van der Waals surface area contributed by atoms with E-state index in [4.69, 9.17) is 29.7 Å². The Morgan fingerprint density at radius 2 is 1.98 bits per heavy atom. The summed E-state index contributed by atoms with van der Waals surface area (Å²) in [6.45, 7) is 2.67. The van der Waals surface area contributed by atoms with Crippen LogP contribution in [0, 0.1) is 18.8 Å². The van der Waals surface area contributed by atoms with Crippen LogP contribution in [0.2, 0.25) is 5.02 Å². The summed E-state index contributed by atoms with van der Waals surface area (Å²) in [5, 5.41) is 16.6. The summed E-state index contributed by atoms with van der Waals surface area (Å²) in [5.41, 5.74) is -0.313. The molecule has 0 saturated carbocycles. The Kier molecular flexibility index (Phi) is 6.82. The molecule has 3 aromatic heterocycles. The number of carbonyl (C=O) groups is 2. The van der Waals surface area contributed by atoms with Gasteiger partial charge in [0, 0.05) is 29.7 Å². The van der Waals surface area contributed by atoms with E-state index in [0.29, 0.717) is 16.3 Å². The maximum atomic E-state index is 12.5. The molecule has 4 aromatic rings. The van der Waals surface area contributed by atoms with Gasteiger partial charge in [0.15, 0.2) is 16.8 Å². The number of hydrogen-bond acceptors (Lipinski definition) is 10. The predicted octanol–water partition coefficient (Wildman–Crippen LogP) is 3.68. The van der Waals surface area contributed by atoms with Gasteiger partial charge in [-0.05, 0) is 31.8 Å². The van der Waals surface area contributed by atoms with Crippen molar-refractivity contribution in [1.82, 2.24) is 14.4 Å². The van der Waals surface area contributed by atoms with E-state index >= 15 is 0 Å². The van der Waals surface area contributed by atoms with Crippen LogP contribution >= 0.6 is 11.6 Å². The molecule has 4 heterocycles. The minimum atomic E-state index is -3.56. The van der Waals surface area contributed by atoms with Crippen LogP contribution in [-0.2, 0) is 25.0 Å². The number of carboxylic acid groups (broad SMARTS) is 1. The number of aliphatic carboxylic acids is 1. The van der Waals surface area contributed by atoms with E-state index in [0.717, 1.165) is 10.6 Å². The summed E-state index contributed by atoms with van der Waals surface area (Å²) in [6, 6.07) is 8.39. The maximum absolute atomic E-state index is 12.5. The first kappa shape index (κ1) is 27.3. The van der Waals surface area contributed by atoms with Crippen LogP contribution in [0.25, 0.3) is 11.3 Å². The van der Waals surface area contributed by atoms with Crippen LogP contribution in [0.4, 0.5) is 10.5 Å². The van der Waals surface area contributed by atoms with Crippen LogP contribution in [0.5, 0.6) is 0 Å². The lowest BCUT2D eigenvalue weighted by Crippen LogP contribution is -2.64. The first-order valence-electron chi connectivity index (χ1n) is 11.7. The van der Waals surface area contributed by atoms with Crippen LogP contribution < -0.4 is 5.32 Å². The Hall–Kier alpha value is -4.32. The Balaban J connectivity index is 1.31. The standard InChI is InChI=1S/C25H21ClN4O9S/c1-13-20(27-24(33)36-14(2)16-6-4-5-7-17(16)26)18(39-29-13)9-8-15-10-19-21(37-15)28-22(38-19)25(23(31)32)11-30(12-25)40(3,34)35/h4-7,10,14H,11-12H2,1-3H3,(H,27,33)(H,31,32).